The highest BCUT2D eigenvalue weighted by atomic mass is 19.1. The van der Waals surface area contributed by atoms with Crippen molar-refractivity contribution in [3.8, 4) is 0 Å². The van der Waals surface area contributed by atoms with Crippen LogP contribution in [0, 0.1) is 12.7 Å². The molecule has 6 nitrogen and oxygen atoms in total. The first-order valence-electron chi connectivity index (χ1n) is 12.7. The molecular weight excluding hydrogens is 441 g/mol. The lowest BCUT2D eigenvalue weighted by Gasteiger charge is -2.33. The molecule has 0 N–H and O–H groups in total. The monoisotopic (exact) mass is 473 g/mol. The zero-order valence-corrected chi connectivity index (χ0v) is 20.3. The third-order valence-electron chi connectivity index (χ3n) is 6.95. The summed E-state index contributed by atoms with van der Waals surface area (Å²) in [4.78, 5) is 31.8. The van der Waals surface area contributed by atoms with Gasteiger partial charge in [-0.05, 0) is 74.9 Å². The minimum Gasteiger partial charge on any atom is -0.341 e. The Labute approximate surface area is 206 Å². The molecule has 5 rings (SSSR count). The Hall–Kier alpha value is -3.35. The highest BCUT2D eigenvalue weighted by molar-refractivity contribution is 5.92. The largest absolute Gasteiger partial charge is 0.341 e. The summed E-state index contributed by atoms with van der Waals surface area (Å²) in [6.07, 6.45) is 6.11. The number of halogens is 1. The molecule has 2 fully saturated rings. The number of likely N-dealkylation sites (tertiary alicyclic amines) is 1. The molecule has 2 aromatic heterocycles. The molecule has 0 bridgehead atoms. The van der Waals surface area contributed by atoms with Crippen molar-refractivity contribution >= 4 is 11.9 Å². The summed E-state index contributed by atoms with van der Waals surface area (Å²) in [7, 11) is 0. The SMILES string of the molecule is Cc1cc(C(=O)N2CCC[C@@H](c3cccc(Cc4ccc(F)cc4)n3)C2)nc(N2CCCCC2)n1. The van der Waals surface area contributed by atoms with Gasteiger partial charge in [0.25, 0.3) is 5.91 Å². The number of nitrogens with zero attached hydrogens (tertiary/aromatic N) is 5. The maximum absolute atomic E-state index is 13.5. The minimum absolute atomic E-state index is 0.0269. The van der Waals surface area contributed by atoms with Crippen LogP contribution >= 0.6 is 0 Å². The van der Waals surface area contributed by atoms with Gasteiger partial charge in [-0.25, -0.2) is 14.4 Å². The van der Waals surface area contributed by atoms with E-state index in [1.165, 1.54) is 18.6 Å². The van der Waals surface area contributed by atoms with Crippen molar-refractivity contribution in [2.24, 2.45) is 0 Å². The first kappa shape index (κ1) is 23.4. The number of hydrogen-bond donors (Lipinski definition) is 0. The number of rotatable bonds is 5. The van der Waals surface area contributed by atoms with Crippen molar-refractivity contribution in [1.82, 2.24) is 19.9 Å². The summed E-state index contributed by atoms with van der Waals surface area (Å²) in [6.45, 7) is 5.19. The number of anilines is 1. The molecule has 0 radical (unpaired) electrons. The van der Waals surface area contributed by atoms with Crippen molar-refractivity contribution in [2.45, 2.75) is 51.4 Å². The molecule has 2 aliphatic rings. The standard InChI is InChI=1S/C28H32FN5O/c1-20-17-26(32-28(30-20)33-14-3-2-4-15-33)27(35)34-16-6-7-22(19-34)25-9-5-8-24(31-25)18-21-10-12-23(29)13-11-21/h5,8-13,17,22H,2-4,6-7,14-16,18-19H2,1H3/t22-/m1/s1. The van der Waals surface area contributed by atoms with Crippen LogP contribution in [0.4, 0.5) is 10.3 Å². The van der Waals surface area contributed by atoms with Gasteiger partial charge in [-0.15, -0.1) is 0 Å². The molecule has 2 saturated heterocycles. The van der Waals surface area contributed by atoms with Crippen LogP contribution in [-0.2, 0) is 6.42 Å². The maximum atomic E-state index is 13.5. The molecule has 182 valence electrons. The van der Waals surface area contributed by atoms with Gasteiger partial charge in [0.1, 0.15) is 11.5 Å². The predicted octanol–water partition coefficient (Wildman–Crippen LogP) is 4.92. The summed E-state index contributed by atoms with van der Waals surface area (Å²) < 4.78 is 13.2. The topological polar surface area (TPSA) is 62.2 Å². The van der Waals surface area contributed by atoms with Crippen molar-refractivity contribution in [3.05, 3.63) is 82.7 Å². The molecule has 2 aliphatic heterocycles. The lowest BCUT2D eigenvalue weighted by molar-refractivity contribution is 0.0699. The fourth-order valence-corrected chi connectivity index (χ4v) is 5.10. The number of carbonyl (C=O) groups is 1. The highest BCUT2D eigenvalue weighted by Gasteiger charge is 2.28. The van der Waals surface area contributed by atoms with Gasteiger partial charge >= 0.3 is 0 Å². The van der Waals surface area contributed by atoms with Crippen LogP contribution in [0.3, 0.4) is 0 Å². The number of piperidine rings is 2. The van der Waals surface area contributed by atoms with Crippen molar-refractivity contribution in [2.75, 3.05) is 31.1 Å². The van der Waals surface area contributed by atoms with Crippen LogP contribution in [0.1, 0.15) is 71.2 Å². The van der Waals surface area contributed by atoms with Gasteiger partial charge in [0.15, 0.2) is 0 Å². The zero-order valence-electron chi connectivity index (χ0n) is 20.3. The third-order valence-corrected chi connectivity index (χ3v) is 6.95. The van der Waals surface area contributed by atoms with E-state index in [9.17, 15) is 9.18 Å². The summed E-state index contributed by atoms with van der Waals surface area (Å²) in [5.74, 6) is 0.604. The van der Waals surface area contributed by atoms with Crippen LogP contribution in [0.15, 0.2) is 48.5 Å². The second kappa shape index (κ2) is 10.5. The molecule has 0 unspecified atom stereocenters. The molecule has 7 heteroatoms. The summed E-state index contributed by atoms with van der Waals surface area (Å²) >= 11 is 0. The van der Waals surface area contributed by atoms with E-state index in [0.29, 0.717) is 24.6 Å². The molecule has 1 aromatic carbocycles. The second-order valence-corrected chi connectivity index (χ2v) is 9.69. The average Bonchev–Trinajstić information content (AvgIpc) is 2.90. The fraction of sp³-hybridized carbons (Fsp3) is 0.429. The number of benzene rings is 1. The number of carbonyl (C=O) groups excluding carboxylic acids is 1. The Balaban J connectivity index is 1.30. The Bertz CT molecular complexity index is 1180. The molecule has 0 saturated carbocycles. The van der Waals surface area contributed by atoms with Crippen molar-refractivity contribution in [3.63, 3.8) is 0 Å². The van der Waals surface area contributed by atoms with Gasteiger partial charge < -0.3 is 9.80 Å². The van der Waals surface area contributed by atoms with Gasteiger partial charge in [-0.2, -0.15) is 0 Å². The fourth-order valence-electron chi connectivity index (χ4n) is 5.10. The third kappa shape index (κ3) is 5.66. The highest BCUT2D eigenvalue weighted by Crippen LogP contribution is 2.27. The number of pyridine rings is 1. The minimum atomic E-state index is -0.232. The molecule has 35 heavy (non-hydrogen) atoms. The molecule has 4 heterocycles. The van der Waals surface area contributed by atoms with Gasteiger partial charge in [0.2, 0.25) is 5.95 Å². The summed E-state index contributed by atoms with van der Waals surface area (Å²) in [6, 6.07) is 14.5. The average molecular weight is 474 g/mol. The van der Waals surface area contributed by atoms with Crippen molar-refractivity contribution in [1.29, 1.82) is 0 Å². The number of aryl methyl sites for hydroxylation is 1. The Kier molecular flexibility index (Phi) is 7.02. The van der Waals surface area contributed by atoms with E-state index >= 15 is 0 Å². The molecule has 1 atom stereocenters. The first-order valence-corrected chi connectivity index (χ1v) is 12.7. The second-order valence-electron chi connectivity index (χ2n) is 9.69. The van der Waals surface area contributed by atoms with E-state index in [1.807, 2.05) is 24.0 Å². The molecule has 1 amide bonds. The lowest BCUT2D eigenvalue weighted by atomic mass is 9.93. The first-order chi connectivity index (χ1) is 17.0. The lowest BCUT2D eigenvalue weighted by Crippen LogP contribution is -2.40. The molecule has 0 spiro atoms. The van der Waals surface area contributed by atoms with Crippen LogP contribution in [0.25, 0.3) is 0 Å². The van der Waals surface area contributed by atoms with E-state index in [4.69, 9.17) is 4.98 Å². The van der Waals surface area contributed by atoms with Gasteiger partial charge in [-0.1, -0.05) is 18.2 Å². The van der Waals surface area contributed by atoms with Gasteiger partial charge in [0, 0.05) is 55.6 Å². The van der Waals surface area contributed by atoms with Crippen LogP contribution in [0.2, 0.25) is 0 Å². The van der Waals surface area contributed by atoms with Crippen molar-refractivity contribution < 1.29 is 9.18 Å². The van der Waals surface area contributed by atoms with E-state index in [2.05, 4.69) is 20.9 Å². The summed E-state index contributed by atoms with van der Waals surface area (Å²) in [5, 5.41) is 0. The van der Waals surface area contributed by atoms with Crippen LogP contribution in [0.5, 0.6) is 0 Å². The van der Waals surface area contributed by atoms with Crippen LogP contribution in [-0.4, -0.2) is 51.9 Å². The smallest absolute Gasteiger partial charge is 0.272 e. The number of hydrogen-bond acceptors (Lipinski definition) is 5. The predicted molar refractivity (Wildman–Crippen MR) is 134 cm³/mol. The quantitative estimate of drug-likeness (QED) is 0.526. The normalized spacial score (nSPS) is 18.5. The van der Waals surface area contributed by atoms with E-state index in [0.717, 1.165) is 68.0 Å². The molecule has 3 aromatic rings. The zero-order chi connectivity index (χ0) is 24.2. The maximum Gasteiger partial charge on any atom is 0.272 e. The molecule has 0 aliphatic carbocycles. The van der Waals surface area contributed by atoms with Gasteiger partial charge in [-0.3, -0.25) is 9.78 Å². The van der Waals surface area contributed by atoms with E-state index in [-0.39, 0.29) is 17.6 Å². The number of amides is 1. The number of aromatic nitrogens is 3. The Morgan fingerprint density at radius 2 is 1.77 bits per heavy atom. The van der Waals surface area contributed by atoms with E-state index in [1.54, 1.807) is 18.2 Å². The van der Waals surface area contributed by atoms with Crippen LogP contribution < -0.4 is 4.90 Å². The summed E-state index contributed by atoms with van der Waals surface area (Å²) in [5.41, 5.74) is 4.30. The Morgan fingerprint density at radius 3 is 2.57 bits per heavy atom. The molecular formula is C28H32FN5O. The van der Waals surface area contributed by atoms with Gasteiger partial charge in [0.05, 0.1) is 0 Å². The van der Waals surface area contributed by atoms with E-state index < -0.39 is 0 Å². The Morgan fingerprint density at radius 1 is 0.971 bits per heavy atom.